The van der Waals surface area contributed by atoms with E-state index in [0.29, 0.717) is 0 Å². The number of fused-ring (bicyclic) bond motifs is 1. The summed E-state index contributed by atoms with van der Waals surface area (Å²) in [6.07, 6.45) is 5.73. The maximum atomic E-state index is 4.59. The maximum absolute atomic E-state index is 4.59. The van der Waals surface area contributed by atoms with E-state index in [4.69, 9.17) is 0 Å². The molecule has 16 heavy (non-hydrogen) atoms. The minimum absolute atomic E-state index is 0.869. The molecular formula is C11H12BrN3S. The Morgan fingerprint density at radius 2 is 2.06 bits per heavy atom. The zero-order valence-electron chi connectivity index (χ0n) is 8.82. The van der Waals surface area contributed by atoms with Crippen LogP contribution in [0.2, 0.25) is 0 Å². The summed E-state index contributed by atoms with van der Waals surface area (Å²) >= 11 is 5.18. The second-order valence-electron chi connectivity index (χ2n) is 4.02. The summed E-state index contributed by atoms with van der Waals surface area (Å²) in [6, 6.07) is 2.09. The normalized spacial score (nSPS) is 16.9. The van der Waals surface area contributed by atoms with Gasteiger partial charge >= 0.3 is 0 Å². The first-order chi connectivity index (χ1) is 7.83. The molecule has 1 aliphatic heterocycles. The zero-order valence-corrected chi connectivity index (χ0v) is 11.2. The quantitative estimate of drug-likeness (QED) is 0.807. The topological polar surface area (TPSA) is 29.0 Å². The van der Waals surface area contributed by atoms with Crippen LogP contribution in [-0.4, -0.2) is 23.1 Å². The second kappa shape index (κ2) is 4.30. The number of thiazole rings is 1. The average Bonchev–Trinajstić information content (AvgIpc) is 2.73. The number of hydrogen-bond acceptors (Lipinski definition) is 4. The first kappa shape index (κ1) is 10.5. The van der Waals surface area contributed by atoms with Gasteiger partial charge in [-0.05, 0) is 41.3 Å². The zero-order chi connectivity index (χ0) is 11.0. The summed E-state index contributed by atoms with van der Waals surface area (Å²) in [5.41, 5.74) is 0.869. The smallest absolute Gasteiger partial charge is 0.188 e. The van der Waals surface area contributed by atoms with Gasteiger partial charge in [0.15, 0.2) is 10.8 Å². The highest BCUT2D eigenvalue weighted by Crippen LogP contribution is 2.30. The first-order valence-electron chi connectivity index (χ1n) is 5.50. The highest BCUT2D eigenvalue weighted by atomic mass is 79.9. The van der Waals surface area contributed by atoms with Gasteiger partial charge in [-0.1, -0.05) is 11.3 Å². The molecular weight excluding hydrogens is 286 g/mol. The fourth-order valence-electron chi connectivity index (χ4n) is 2.00. The number of aromatic nitrogens is 2. The predicted octanol–water partition coefficient (Wildman–Crippen LogP) is 3.44. The van der Waals surface area contributed by atoms with E-state index in [1.165, 1.54) is 19.3 Å². The molecule has 2 aromatic heterocycles. The van der Waals surface area contributed by atoms with Crippen molar-refractivity contribution < 1.29 is 0 Å². The van der Waals surface area contributed by atoms with E-state index in [1.54, 1.807) is 11.3 Å². The fraction of sp³-hybridized carbons (Fsp3) is 0.455. The monoisotopic (exact) mass is 297 g/mol. The van der Waals surface area contributed by atoms with Crippen LogP contribution in [0.3, 0.4) is 0 Å². The van der Waals surface area contributed by atoms with Gasteiger partial charge in [0.2, 0.25) is 0 Å². The molecule has 5 heteroatoms. The molecule has 84 valence electrons. The van der Waals surface area contributed by atoms with E-state index in [9.17, 15) is 0 Å². The van der Waals surface area contributed by atoms with Crippen molar-refractivity contribution in [1.29, 1.82) is 0 Å². The Bertz CT molecular complexity index is 505. The number of rotatable bonds is 1. The molecule has 0 saturated carbocycles. The van der Waals surface area contributed by atoms with Crippen molar-refractivity contribution in [3.05, 3.63) is 16.7 Å². The van der Waals surface area contributed by atoms with E-state index >= 15 is 0 Å². The molecule has 3 heterocycles. The molecule has 0 amide bonds. The van der Waals surface area contributed by atoms with Gasteiger partial charge in [0.05, 0.1) is 4.70 Å². The molecule has 0 N–H and O–H groups in total. The molecule has 3 rings (SSSR count). The number of halogens is 1. The molecule has 0 spiro atoms. The summed E-state index contributed by atoms with van der Waals surface area (Å²) in [5.74, 6) is 0. The van der Waals surface area contributed by atoms with Crippen molar-refractivity contribution in [2.45, 2.75) is 19.3 Å². The molecule has 0 aromatic carbocycles. The Morgan fingerprint density at radius 3 is 2.88 bits per heavy atom. The van der Waals surface area contributed by atoms with Gasteiger partial charge in [-0.2, -0.15) is 4.98 Å². The van der Waals surface area contributed by atoms with Crippen LogP contribution in [0.25, 0.3) is 10.3 Å². The summed E-state index contributed by atoms with van der Waals surface area (Å²) in [4.78, 5) is 11.3. The lowest BCUT2D eigenvalue weighted by molar-refractivity contribution is 0.577. The van der Waals surface area contributed by atoms with Gasteiger partial charge < -0.3 is 4.90 Å². The van der Waals surface area contributed by atoms with Crippen molar-refractivity contribution in [2.75, 3.05) is 18.0 Å². The van der Waals surface area contributed by atoms with Crippen LogP contribution in [0, 0.1) is 0 Å². The maximum Gasteiger partial charge on any atom is 0.188 e. The third-order valence-corrected chi connectivity index (χ3v) is 4.31. The Labute approximate surface area is 107 Å². The van der Waals surface area contributed by atoms with Crippen molar-refractivity contribution in [3.63, 3.8) is 0 Å². The lowest BCUT2D eigenvalue weighted by atomic mass is 10.1. The third kappa shape index (κ3) is 1.94. The lowest BCUT2D eigenvalue weighted by Crippen LogP contribution is -2.29. The predicted molar refractivity (Wildman–Crippen MR) is 71.2 cm³/mol. The minimum Gasteiger partial charge on any atom is -0.348 e. The highest BCUT2D eigenvalue weighted by molar-refractivity contribution is 9.10. The Kier molecular flexibility index (Phi) is 2.81. The summed E-state index contributed by atoms with van der Waals surface area (Å²) < 4.78 is 2.18. The van der Waals surface area contributed by atoms with Crippen molar-refractivity contribution in [1.82, 2.24) is 9.97 Å². The number of pyridine rings is 1. The summed E-state index contributed by atoms with van der Waals surface area (Å²) in [6.45, 7) is 2.28. The van der Waals surface area contributed by atoms with Crippen LogP contribution < -0.4 is 4.90 Å². The van der Waals surface area contributed by atoms with Crippen LogP contribution in [0.15, 0.2) is 16.7 Å². The van der Waals surface area contributed by atoms with Crippen LogP contribution in [0.1, 0.15) is 19.3 Å². The minimum atomic E-state index is 0.869. The van der Waals surface area contributed by atoms with Crippen molar-refractivity contribution in [3.8, 4) is 0 Å². The molecule has 1 aliphatic rings. The molecule has 2 aromatic rings. The molecule has 0 radical (unpaired) electrons. The standard InChI is InChI=1S/C11H12BrN3S/c12-8-6-9-10(13-7-8)14-11(16-9)15-4-2-1-3-5-15/h6-7H,1-5H2. The number of nitrogens with zero attached hydrogens (tertiary/aromatic N) is 3. The third-order valence-electron chi connectivity index (χ3n) is 2.83. The van der Waals surface area contributed by atoms with Gasteiger partial charge in [0.25, 0.3) is 0 Å². The molecule has 1 saturated heterocycles. The van der Waals surface area contributed by atoms with Crippen LogP contribution >= 0.6 is 27.3 Å². The second-order valence-corrected chi connectivity index (χ2v) is 5.94. The van der Waals surface area contributed by atoms with E-state index in [1.807, 2.05) is 6.20 Å². The van der Waals surface area contributed by atoms with Crippen LogP contribution in [0.4, 0.5) is 5.13 Å². The van der Waals surface area contributed by atoms with E-state index in [0.717, 1.165) is 33.0 Å². The van der Waals surface area contributed by atoms with Gasteiger partial charge in [-0.15, -0.1) is 0 Å². The van der Waals surface area contributed by atoms with Crippen molar-refractivity contribution in [2.24, 2.45) is 0 Å². The Morgan fingerprint density at radius 1 is 1.25 bits per heavy atom. The van der Waals surface area contributed by atoms with Gasteiger partial charge in [0.1, 0.15) is 0 Å². The molecule has 3 nitrogen and oxygen atoms in total. The van der Waals surface area contributed by atoms with Gasteiger partial charge in [0, 0.05) is 23.8 Å². The molecule has 0 aliphatic carbocycles. The van der Waals surface area contributed by atoms with E-state index in [2.05, 4.69) is 36.9 Å². The fourth-order valence-corrected chi connectivity index (χ4v) is 3.50. The molecule has 0 unspecified atom stereocenters. The van der Waals surface area contributed by atoms with Crippen molar-refractivity contribution >= 4 is 42.7 Å². The molecule has 0 atom stereocenters. The highest BCUT2D eigenvalue weighted by Gasteiger charge is 2.15. The van der Waals surface area contributed by atoms with Gasteiger partial charge in [-0.3, -0.25) is 0 Å². The summed E-state index contributed by atoms with van der Waals surface area (Å²) in [5, 5.41) is 1.13. The van der Waals surface area contributed by atoms with Crippen LogP contribution in [-0.2, 0) is 0 Å². The number of anilines is 1. The van der Waals surface area contributed by atoms with E-state index < -0.39 is 0 Å². The first-order valence-corrected chi connectivity index (χ1v) is 7.11. The average molecular weight is 298 g/mol. The SMILES string of the molecule is Brc1cnc2nc(N3CCCCC3)sc2c1. The Hall–Kier alpha value is -0.680. The molecule has 1 fully saturated rings. The Balaban J connectivity index is 1.97. The van der Waals surface area contributed by atoms with E-state index in [-0.39, 0.29) is 0 Å². The van der Waals surface area contributed by atoms with Gasteiger partial charge in [-0.25, -0.2) is 4.98 Å². The summed E-state index contributed by atoms with van der Waals surface area (Å²) in [7, 11) is 0. The van der Waals surface area contributed by atoms with Crippen LogP contribution in [0.5, 0.6) is 0 Å². The number of piperidine rings is 1. The number of hydrogen-bond donors (Lipinski definition) is 0. The lowest BCUT2D eigenvalue weighted by Gasteiger charge is -2.25. The molecule has 0 bridgehead atoms. The largest absolute Gasteiger partial charge is 0.348 e.